The fourth-order valence-electron chi connectivity index (χ4n) is 8.55. The van der Waals surface area contributed by atoms with E-state index in [0.29, 0.717) is 59.8 Å². The van der Waals surface area contributed by atoms with Crippen LogP contribution in [0.5, 0.6) is 5.88 Å². The number of carbonyl (C=O) groups is 1. The van der Waals surface area contributed by atoms with Gasteiger partial charge in [0.25, 0.3) is 15.9 Å². The van der Waals surface area contributed by atoms with Crippen LogP contribution in [0.15, 0.2) is 47.6 Å². The van der Waals surface area contributed by atoms with Gasteiger partial charge in [-0.2, -0.15) is 8.42 Å². The maximum absolute atomic E-state index is 13.6. The average Bonchev–Trinajstić information content (AvgIpc) is 3.94. The number of carbonyl (C=O) groups excluding carboxylic acids is 1. The summed E-state index contributed by atoms with van der Waals surface area (Å²) in [4.78, 5) is 25.0. The van der Waals surface area contributed by atoms with E-state index in [4.69, 9.17) is 9.72 Å². The lowest BCUT2D eigenvalue weighted by atomic mass is 9.93. The molecule has 2 spiro atoms. The van der Waals surface area contributed by atoms with Crippen LogP contribution >= 0.6 is 0 Å². The quantitative estimate of drug-likeness (QED) is 0.423. The van der Waals surface area contributed by atoms with Gasteiger partial charge >= 0.3 is 0 Å². The monoisotopic (exact) mass is 617 g/mol. The molecular formula is C32H39N7O4S. The molecule has 1 saturated heterocycles. The van der Waals surface area contributed by atoms with Crippen LogP contribution in [-0.4, -0.2) is 59.3 Å². The van der Waals surface area contributed by atoms with Crippen molar-refractivity contribution < 1.29 is 17.9 Å². The lowest BCUT2D eigenvalue weighted by Crippen LogP contribution is -2.41. The summed E-state index contributed by atoms with van der Waals surface area (Å²) in [7, 11) is -4.22. The number of aromatic nitrogens is 4. The number of anilines is 2. The van der Waals surface area contributed by atoms with Gasteiger partial charge in [-0.15, -0.1) is 5.10 Å². The smallest absolute Gasteiger partial charge is 0.281 e. The van der Waals surface area contributed by atoms with Crippen molar-refractivity contribution in [2.24, 2.45) is 22.7 Å². The second-order valence-electron chi connectivity index (χ2n) is 14.0. The molecule has 1 amide bonds. The van der Waals surface area contributed by atoms with Crippen LogP contribution in [0.25, 0.3) is 5.82 Å². The Hall–Kier alpha value is -3.67. The zero-order valence-electron chi connectivity index (χ0n) is 25.3. The zero-order chi connectivity index (χ0) is 30.3. The third-order valence-electron chi connectivity index (χ3n) is 10.9. The van der Waals surface area contributed by atoms with E-state index in [1.165, 1.54) is 31.7 Å². The van der Waals surface area contributed by atoms with E-state index in [-0.39, 0.29) is 16.1 Å². The van der Waals surface area contributed by atoms with Crippen molar-refractivity contribution >= 4 is 27.6 Å². The highest BCUT2D eigenvalue weighted by atomic mass is 32.2. The summed E-state index contributed by atoms with van der Waals surface area (Å²) in [5, 5.41) is 7.65. The molecule has 11 nitrogen and oxygen atoms in total. The molecule has 5 heterocycles. The summed E-state index contributed by atoms with van der Waals surface area (Å²) < 4.78 is 36.4. The fraction of sp³-hybridized carbons (Fsp3) is 0.562. The molecule has 3 aromatic rings. The minimum atomic E-state index is -4.22. The van der Waals surface area contributed by atoms with E-state index in [1.54, 1.807) is 28.9 Å². The molecule has 3 saturated carbocycles. The predicted molar refractivity (Wildman–Crippen MR) is 164 cm³/mol. The van der Waals surface area contributed by atoms with Crippen molar-refractivity contribution in [3.63, 3.8) is 0 Å². The second kappa shape index (κ2) is 9.66. The summed E-state index contributed by atoms with van der Waals surface area (Å²) in [6.07, 6.45) is 11.3. The molecule has 8 rings (SSSR count). The summed E-state index contributed by atoms with van der Waals surface area (Å²) in [5.74, 6) is 2.44. The van der Waals surface area contributed by atoms with Gasteiger partial charge in [-0.05, 0) is 112 Å². The first-order chi connectivity index (χ1) is 21.1. The number of hydrogen-bond acceptors (Lipinski definition) is 9. The molecule has 3 aromatic heterocycles. The first-order valence-corrected chi connectivity index (χ1v) is 17.3. The van der Waals surface area contributed by atoms with Gasteiger partial charge in [0, 0.05) is 30.9 Å². The standard InChI is InChI=1S/C32H39N7O4S/c1-30(2)19-21-5-4-16-33-24-6-3-7-27(34-24)44(41,42)37-29(40)22-8-9-25(35-28(22)38(30)20-21)39-17-10-26(36-39)43-18-11-23-31(12-13-31)32(23)14-15-32/h3,6-10,17,21,23H,4-5,11-16,18-20H2,1-2H3,(H,33,34)(H,37,40)/t21-/m0/s1. The molecule has 12 heteroatoms. The van der Waals surface area contributed by atoms with E-state index >= 15 is 0 Å². The number of pyridine rings is 2. The van der Waals surface area contributed by atoms with Crippen molar-refractivity contribution in [3.8, 4) is 11.7 Å². The summed E-state index contributed by atoms with van der Waals surface area (Å²) in [6, 6.07) is 9.89. The summed E-state index contributed by atoms with van der Waals surface area (Å²) >= 11 is 0. The van der Waals surface area contributed by atoms with E-state index < -0.39 is 15.9 Å². The Balaban J connectivity index is 1.07. The minimum absolute atomic E-state index is 0.186. The van der Waals surface area contributed by atoms with Gasteiger partial charge in [-0.1, -0.05) is 6.07 Å². The van der Waals surface area contributed by atoms with Crippen LogP contribution in [0.4, 0.5) is 11.6 Å². The number of nitrogens with zero attached hydrogens (tertiary/aromatic N) is 5. The fourth-order valence-corrected chi connectivity index (χ4v) is 9.48. The van der Waals surface area contributed by atoms with Crippen LogP contribution in [-0.2, 0) is 10.0 Å². The summed E-state index contributed by atoms with van der Waals surface area (Å²) in [6.45, 7) is 6.33. The lowest BCUT2D eigenvalue weighted by Gasteiger charge is -2.34. The Morgan fingerprint density at radius 1 is 1.05 bits per heavy atom. The Labute approximate surface area is 257 Å². The topological polar surface area (TPSA) is 131 Å². The molecule has 44 heavy (non-hydrogen) atoms. The molecule has 1 atom stereocenters. The van der Waals surface area contributed by atoms with Crippen molar-refractivity contribution in [2.75, 3.05) is 29.9 Å². The number of fused-ring (bicyclic) bond motifs is 7. The third-order valence-corrected chi connectivity index (χ3v) is 12.1. The van der Waals surface area contributed by atoms with Crippen molar-refractivity contribution in [2.45, 2.75) is 75.8 Å². The molecule has 2 N–H and O–H groups in total. The van der Waals surface area contributed by atoms with Gasteiger partial charge < -0.3 is 15.0 Å². The maximum Gasteiger partial charge on any atom is 0.281 e. The third kappa shape index (κ3) is 4.55. The lowest BCUT2D eigenvalue weighted by molar-refractivity contribution is 0.0981. The van der Waals surface area contributed by atoms with Crippen LogP contribution in [0.3, 0.4) is 0 Å². The molecule has 0 unspecified atom stereocenters. The van der Waals surface area contributed by atoms with Crippen LogP contribution in [0.2, 0.25) is 0 Å². The molecule has 0 aromatic carbocycles. The largest absolute Gasteiger partial charge is 0.477 e. The number of nitrogens with one attached hydrogen (secondary N) is 2. The molecular weight excluding hydrogens is 578 g/mol. The average molecular weight is 618 g/mol. The summed E-state index contributed by atoms with van der Waals surface area (Å²) in [5.41, 5.74) is 1.23. The van der Waals surface area contributed by atoms with Gasteiger partial charge in [-0.25, -0.2) is 19.4 Å². The number of hydrogen-bond donors (Lipinski definition) is 2. The molecule has 5 aliphatic rings. The molecule has 2 aliphatic heterocycles. The Morgan fingerprint density at radius 2 is 1.84 bits per heavy atom. The van der Waals surface area contributed by atoms with E-state index in [0.717, 1.165) is 31.6 Å². The first-order valence-electron chi connectivity index (χ1n) is 15.9. The molecule has 4 bridgehead atoms. The predicted octanol–water partition coefficient (Wildman–Crippen LogP) is 4.55. The Bertz CT molecular complexity index is 1730. The van der Waals surface area contributed by atoms with E-state index in [9.17, 15) is 13.2 Å². The molecule has 3 aliphatic carbocycles. The van der Waals surface area contributed by atoms with Gasteiger partial charge in [-0.3, -0.25) is 4.79 Å². The van der Waals surface area contributed by atoms with E-state index in [2.05, 4.69) is 38.9 Å². The Morgan fingerprint density at radius 3 is 2.61 bits per heavy atom. The molecule has 0 radical (unpaired) electrons. The van der Waals surface area contributed by atoms with Crippen LogP contribution in [0.1, 0.15) is 75.6 Å². The van der Waals surface area contributed by atoms with Crippen LogP contribution in [0, 0.1) is 22.7 Å². The number of amides is 1. The highest BCUT2D eigenvalue weighted by molar-refractivity contribution is 7.90. The van der Waals surface area contributed by atoms with Gasteiger partial charge in [0.05, 0.1) is 12.2 Å². The normalized spacial score (nSPS) is 25.4. The van der Waals surface area contributed by atoms with Gasteiger partial charge in [0.1, 0.15) is 11.6 Å². The minimum Gasteiger partial charge on any atom is -0.477 e. The van der Waals surface area contributed by atoms with Crippen molar-refractivity contribution in [1.29, 1.82) is 0 Å². The second-order valence-corrected chi connectivity index (χ2v) is 15.6. The van der Waals surface area contributed by atoms with Crippen LogP contribution < -0.4 is 19.7 Å². The molecule has 4 fully saturated rings. The van der Waals surface area contributed by atoms with Crippen molar-refractivity contribution in [1.82, 2.24) is 24.5 Å². The van der Waals surface area contributed by atoms with Gasteiger partial charge in [0.15, 0.2) is 10.8 Å². The zero-order valence-corrected chi connectivity index (χ0v) is 26.1. The maximum atomic E-state index is 13.6. The SMILES string of the molecule is CC1(C)C[C@@H]2CCCNc3cccc(n3)S(=O)(=O)NC(=O)c3ccc(-n4ccc(OCCC5C6(CC6)C56CC6)n4)nc3N1C2. The van der Waals surface area contributed by atoms with Gasteiger partial charge in [0.2, 0.25) is 5.88 Å². The van der Waals surface area contributed by atoms with Crippen molar-refractivity contribution in [3.05, 3.63) is 48.2 Å². The number of rotatable bonds is 5. The first kappa shape index (κ1) is 27.8. The number of ether oxygens (including phenoxy) is 1. The molecule has 232 valence electrons. The van der Waals surface area contributed by atoms with E-state index in [1.807, 2.05) is 12.3 Å². The highest BCUT2D eigenvalue weighted by Crippen LogP contribution is 2.93. The Kier molecular flexibility index (Phi) is 6.12. The highest BCUT2D eigenvalue weighted by Gasteiger charge is 2.85. The number of sulfonamides is 1.